The van der Waals surface area contributed by atoms with Gasteiger partial charge >= 0.3 is 24.1 Å². The molecular formula is C25H35ClN4O10S2. The lowest BCUT2D eigenvalue weighted by Crippen LogP contribution is -2.27. The second kappa shape index (κ2) is 16.7. The summed E-state index contributed by atoms with van der Waals surface area (Å²) in [7, 11) is 0. The zero-order chi connectivity index (χ0) is 31.5. The first kappa shape index (κ1) is 38.4. The van der Waals surface area contributed by atoms with Crippen LogP contribution in [0.1, 0.15) is 83.8 Å². The van der Waals surface area contributed by atoms with Crippen molar-refractivity contribution in [3.05, 3.63) is 21.1 Å². The highest BCUT2D eigenvalue weighted by Gasteiger charge is 2.26. The highest BCUT2D eigenvalue weighted by atomic mass is 35.5. The van der Waals surface area contributed by atoms with Crippen LogP contribution in [0.3, 0.4) is 0 Å². The summed E-state index contributed by atoms with van der Waals surface area (Å²) in [4.78, 5) is 76.6. The second-order valence-corrected chi connectivity index (χ2v) is 12.0. The van der Waals surface area contributed by atoms with Gasteiger partial charge in [-0.05, 0) is 55.4 Å². The maximum absolute atomic E-state index is 11.7. The molecule has 0 saturated heterocycles. The number of carbonyl (C=O) groups excluding carboxylic acids is 6. The number of hydrogen-bond donors (Lipinski definition) is 2. The number of nitrogens with zero attached hydrogens (tertiary/aromatic N) is 2. The molecule has 14 nitrogen and oxygen atoms in total. The van der Waals surface area contributed by atoms with E-state index in [9.17, 15) is 28.8 Å². The largest absolute Gasteiger partial charge is 0.460 e. The number of Topliss-reactive ketones (excluding diaryl/α,β-unsaturated/α-hetero) is 2. The monoisotopic (exact) mass is 650 g/mol. The minimum atomic E-state index is -1.05. The van der Waals surface area contributed by atoms with Crippen molar-refractivity contribution < 1.29 is 47.7 Å². The van der Waals surface area contributed by atoms with Crippen LogP contribution in [0, 0.1) is 0 Å². The third-order valence-corrected chi connectivity index (χ3v) is 5.60. The van der Waals surface area contributed by atoms with Crippen molar-refractivity contribution in [2.75, 3.05) is 23.8 Å². The third kappa shape index (κ3) is 13.8. The number of ether oxygens (including phenoxy) is 4. The third-order valence-electron chi connectivity index (χ3n) is 3.68. The molecule has 2 amide bonds. The van der Waals surface area contributed by atoms with E-state index < -0.39 is 46.9 Å². The number of hydrogen-bond acceptors (Lipinski definition) is 14. The number of aromatic nitrogens is 2. The topological polar surface area (TPSA) is 189 Å². The van der Waals surface area contributed by atoms with Crippen LogP contribution in [-0.2, 0) is 28.5 Å². The smallest absolute Gasteiger partial charge is 0.413 e. The van der Waals surface area contributed by atoms with E-state index in [-0.39, 0.29) is 46.6 Å². The summed E-state index contributed by atoms with van der Waals surface area (Å²) >= 11 is 7.70. The van der Waals surface area contributed by atoms with E-state index in [1.54, 1.807) is 55.4 Å². The minimum absolute atomic E-state index is 0. The molecule has 0 radical (unpaired) electrons. The summed E-state index contributed by atoms with van der Waals surface area (Å²) in [6.07, 6.45) is -1.41. The highest BCUT2D eigenvalue weighted by molar-refractivity contribution is 7.20. The molecule has 0 aliphatic heterocycles. The molecule has 2 aromatic rings. The van der Waals surface area contributed by atoms with Crippen LogP contribution in [0.15, 0.2) is 5.38 Å². The van der Waals surface area contributed by atoms with Crippen LogP contribution in [0.25, 0.3) is 0 Å². The second-order valence-electron chi connectivity index (χ2n) is 9.53. The lowest BCUT2D eigenvalue weighted by Gasteiger charge is -2.18. The van der Waals surface area contributed by atoms with E-state index in [1.165, 1.54) is 5.38 Å². The van der Waals surface area contributed by atoms with Gasteiger partial charge in [-0.15, -0.1) is 11.3 Å². The molecule has 0 bridgehead atoms. The summed E-state index contributed by atoms with van der Waals surface area (Å²) in [6.45, 7) is 13.6. The molecule has 0 atom stereocenters. The fraction of sp³-hybridized carbons (Fsp3) is 0.520. The van der Waals surface area contributed by atoms with Gasteiger partial charge in [-0.1, -0.05) is 30.4 Å². The maximum Gasteiger partial charge on any atom is 0.413 e. The molecule has 42 heavy (non-hydrogen) atoms. The van der Waals surface area contributed by atoms with E-state index in [1.807, 2.05) is 0 Å². The van der Waals surface area contributed by atoms with Crippen molar-refractivity contribution >= 4 is 80.2 Å². The fourth-order valence-electron chi connectivity index (χ4n) is 2.31. The molecule has 2 heterocycles. The van der Waals surface area contributed by atoms with Gasteiger partial charge in [-0.25, -0.2) is 29.1 Å². The highest BCUT2D eigenvalue weighted by Crippen LogP contribution is 2.29. The van der Waals surface area contributed by atoms with E-state index in [2.05, 4.69) is 30.1 Å². The minimum Gasteiger partial charge on any atom is -0.460 e. The number of esters is 2. The van der Waals surface area contributed by atoms with Gasteiger partial charge in [-0.2, -0.15) is 0 Å². The molecule has 0 aliphatic rings. The van der Waals surface area contributed by atoms with Crippen LogP contribution in [0.4, 0.5) is 19.9 Å². The van der Waals surface area contributed by atoms with Gasteiger partial charge in [0.15, 0.2) is 16.0 Å². The molecule has 2 N–H and O–H groups in total. The number of carbonyl (C=O) groups is 6. The van der Waals surface area contributed by atoms with Gasteiger partial charge in [0.2, 0.25) is 0 Å². The summed E-state index contributed by atoms with van der Waals surface area (Å²) < 4.78 is 19.2. The van der Waals surface area contributed by atoms with E-state index in [4.69, 9.17) is 21.1 Å². The molecule has 0 fully saturated rings. The Morgan fingerprint density at radius 1 is 0.786 bits per heavy atom. The lowest BCUT2D eigenvalue weighted by atomic mass is 10.2. The maximum atomic E-state index is 11.7. The average molecular weight is 651 g/mol. The van der Waals surface area contributed by atoms with Crippen molar-refractivity contribution in [2.45, 2.75) is 74.0 Å². The van der Waals surface area contributed by atoms with Crippen LogP contribution >= 0.6 is 34.3 Å². The van der Waals surface area contributed by atoms with E-state index in [0.717, 1.165) is 22.7 Å². The Morgan fingerprint density at radius 3 is 1.69 bits per heavy atom. The van der Waals surface area contributed by atoms with Gasteiger partial charge in [-0.3, -0.25) is 20.2 Å². The Labute approximate surface area is 256 Å². The summed E-state index contributed by atoms with van der Waals surface area (Å²) in [5, 5.41) is 6.33. The van der Waals surface area contributed by atoms with E-state index in [0.29, 0.717) is 0 Å². The Hall–Kier alpha value is -3.63. The van der Waals surface area contributed by atoms with Gasteiger partial charge < -0.3 is 18.9 Å². The van der Waals surface area contributed by atoms with Crippen molar-refractivity contribution in [3.8, 4) is 0 Å². The number of halogens is 1. The Balaban J connectivity index is 0.000000783. The molecule has 0 aliphatic carbocycles. The Morgan fingerprint density at radius 2 is 1.24 bits per heavy atom. The summed E-state index contributed by atoms with van der Waals surface area (Å²) in [6, 6.07) is 0. The van der Waals surface area contributed by atoms with Crippen LogP contribution in [0.5, 0.6) is 0 Å². The van der Waals surface area contributed by atoms with Gasteiger partial charge in [0.25, 0.3) is 11.6 Å². The number of amides is 2. The average Bonchev–Trinajstić information content (AvgIpc) is 3.42. The summed E-state index contributed by atoms with van der Waals surface area (Å²) in [5.41, 5.74) is -1.63. The predicted octanol–water partition coefficient (Wildman–Crippen LogP) is 5.76. The molecular weight excluding hydrogens is 616 g/mol. The van der Waals surface area contributed by atoms with Gasteiger partial charge in [0, 0.05) is 5.38 Å². The molecule has 2 aromatic heterocycles. The molecule has 2 rings (SSSR count). The molecule has 0 spiro atoms. The first-order chi connectivity index (χ1) is 18.9. The van der Waals surface area contributed by atoms with Crippen molar-refractivity contribution in [3.63, 3.8) is 0 Å². The zero-order valence-electron chi connectivity index (χ0n) is 23.7. The van der Waals surface area contributed by atoms with E-state index >= 15 is 0 Å². The van der Waals surface area contributed by atoms with Crippen LogP contribution in [0.2, 0.25) is 4.34 Å². The summed E-state index contributed by atoms with van der Waals surface area (Å²) in [5.74, 6) is -3.83. The Bertz CT molecular complexity index is 1280. The fourth-order valence-corrected chi connectivity index (χ4v) is 4.01. The molecule has 0 aromatic carbocycles. The molecule has 17 heteroatoms. The molecule has 0 saturated carbocycles. The SMILES string of the molecule is C.CCOC(=O)C(=O)c1csc(NC(=O)OC(C)(C)C)n1.CCOC(=O)C(=O)c1nc(NC(=O)OC(C)(C)C)sc1Cl. The zero-order valence-corrected chi connectivity index (χ0v) is 26.1. The Kier molecular flexibility index (Phi) is 15.3. The van der Waals surface area contributed by atoms with Gasteiger partial charge in [0.1, 0.15) is 21.2 Å². The lowest BCUT2D eigenvalue weighted by molar-refractivity contribution is -0.138. The normalized spacial score (nSPS) is 10.6. The van der Waals surface area contributed by atoms with Crippen molar-refractivity contribution in [1.82, 2.24) is 9.97 Å². The standard InChI is InChI=1S/C12H15ClN2O5S.C12H16N2O5S.CH4/c1-5-19-9(17)7(16)6-8(13)21-10(14-6)15-11(18)20-12(2,3)4;1-5-18-9(16)8(15)7-6-20-10(13-7)14-11(17)19-12(2,3)4;/h5H2,1-4H3,(H,14,15,18);6H,5H2,1-4H3,(H,13,14,17);1H4. The number of thiazole rings is 2. The number of nitrogens with one attached hydrogen (secondary N) is 2. The van der Waals surface area contributed by atoms with Gasteiger partial charge in [0.05, 0.1) is 13.2 Å². The number of ketones is 2. The first-order valence-corrected chi connectivity index (χ1v) is 14.0. The molecule has 234 valence electrons. The van der Waals surface area contributed by atoms with Crippen LogP contribution < -0.4 is 10.6 Å². The number of anilines is 2. The quantitative estimate of drug-likeness (QED) is 0.152. The predicted molar refractivity (Wildman–Crippen MR) is 158 cm³/mol. The van der Waals surface area contributed by atoms with Crippen LogP contribution in [-0.4, -0.2) is 70.1 Å². The van der Waals surface area contributed by atoms with Crippen molar-refractivity contribution in [2.24, 2.45) is 0 Å². The first-order valence-electron chi connectivity index (χ1n) is 11.9. The molecule has 0 unspecified atom stereocenters. The van der Waals surface area contributed by atoms with Crippen molar-refractivity contribution in [1.29, 1.82) is 0 Å². The number of rotatable bonds is 8.